The second-order valence-electron chi connectivity index (χ2n) is 6.21. The summed E-state index contributed by atoms with van der Waals surface area (Å²) in [4.78, 5) is 11.7. The van der Waals surface area contributed by atoms with Gasteiger partial charge in [-0.25, -0.2) is 4.79 Å². The van der Waals surface area contributed by atoms with Crippen molar-refractivity contribution in [1.82, 2.24) is 0 Å². The number of carbonyl (C=O) groups is 1. The maximum atomic E-state index is 11.7. The summed E-state index contributed by atoms with van der Waals surface area (Å²) in [7, 11) is -1.77. The molecule has 3 nitrogen and oxygen atoms in total. The Bertz CT molecular complexity index is 458. The predicted molar refractivity (Wildman–Crippen MR) is 84.1 cm³/mol. The molecule has 110 valence electrons. The molecule has 1 aromatic carbocycles. The van der Waals surface area contributed by atoms with Crippen LogP contribution in [0.3, 0.4) is 0 Å². The van der Waals surface area contributed by atoms with Gasteiger partial charge in [0.15, 0.2) is 0 Å². The highest BCUT2D eigenvalue weighted by molar-refractivity contribution is 6.74. The molecule has 0 bridgehead atoms. The lowest BCUT2D eigenvalue weighted by Gasteiger charge is -2.34. The number of hydrogen-bond acceptors (Lipinski definition) is 3. The van der Waals surface area contributed by atoms with Crippen LogP contribution in [0.1, 0.15) is 31.1 Å². The highest BCUT2D eigenvalue weighted by atomic mass is 28.4. The Kier molecular flexibility index (Phi) is 5.57. The van der Waals surface area contributed by atoms with Crippen LogP contribution < -0.4 is 0 Å². The van der Waals surface area contributed by atoms with Gasteiger partial charge in [0.2, 0.25) is 8.32 Å². The molecule has 0 atom stereocenters. The largest absolute Gasteiger partial charge is 0.549 e. The van der Waals surface area contributed by atoms with Crippen LogP contribution in [0, 0.1) is 0 Å². The topological polar surface area (TPSA) is 35.5 Å². The van der Waals surface area contributed by atoms with E-state index in [-0.39, 0.29) is 17.6 Å². The summed E-state index contributed by atoms with van der Waals surface area (Å²) in [5.41, 5.74) is 0.561. The van der Waals surface area contributed by atoms with E-state index in [9.17, 15) is 4.79 Å². The molecule has 1 aromatic rings. The maximum Gasteiger partial charge on any atom is 0.338 e. The van der Waals surface area contributed by atoms with Crippen LogP contribution in [0.4, 0.5) is 0 Å². The van der Waals surface area contributed by atoms with Gasteiger partial charge in [-0.3, -0.25) is 0 Å². The molecule has 0 aromatic heterocycles. The number of esters is 1. The summed E-state index contributed by atoms with van der Waals surface area (Å²) in [6, 6.07) is 8.96. The van der Waals surface area contributed by atoms with Crippen molar-refractivity contribution >= 4 is 14.3 Å². The molecule has 0 saturated carbocycles. The molecular formula is C16H24O3Si. The summed E-state index contributed by atoms with van der Waals surface area (Å²) in [5.74, 6) is -0.317. The second kappa shape index (κ2) is 6.75. The zero-order valence-corrected chi connectivity index (χ0v) is 14.0. The third kappa shape index (κ3) is 4.85. The molecule has 0 fully saturated rings. The van der Waals surface area contributed by atoms with Gasteiger partial charge in [0.1, 0.15) is 6.61 Å². The molecule has 20 heavy (non-hydrogen) atoms. The minimum Gasteiger partial charge on any atom is -0.549 e. The third-order valence-electron chi connectivity index (χ3n) is 3.59. The molecule has 0 amide bonds. The van der Waals surface area contributed by atoms with E-state index in [1.165, 1.54) is 0 Å². The SMILES string of the molecule is CC(C)(C)[Si](C)(C)OC=CCOC(=O)c1ccccc1. The average molecular weight is 292 g/mol. The van der Waals surface area contributed by atoms with E-state index in [0.29, 0.717) is 5.56 Å². The lowest BCUT2D eigenvalue weighted by Crippen LogP contribution is -2.39. The molecule has 1 rings (SSSR count). The van der Waals surface area contributed by atoms with Crippen LogP contribution in [0.15, 0.2) is 42.7 Å². The molecule has 0 saturated heterocycles. The molecule has 0 radical (unpaired) electrons. The van der Waals surface area contributed by atoms with Crippen LogP contribution in [-0.4, -0.2) is 20.9 Å². The summed E-state index contributed by atoms with van der Waals surface area (Å²) in [6.07, 6.45) is 3.40. The third-order valence-corrected chi connectivity index (χ3v) is 7.92. The standard InChI is InChI=1S/C16H24O3Si/c1-16(2,3)20(4,5)19-13-9-12-18-15(17)14-10-7-6-8-11-14/h6-11,13H,12H2,1-5H3. The summed E-state index contributed by atoms with van der Waals surface area (Å²) in [5, 5.41) is 0.165. The molecule has 0 aliphatic carbocycles. The van der Waals surface area contributed by atoms with Crippen molar-refractivity contribution in [3.8, 4) is 0 Å². The van der Waals surface area contributed by atoms with E-state index in [1.807, 2.05) is 18.2 Å². The zero-order chi connectivity index (χ0) is 15.2. The van der Waals surface area contributed by atoms with Gasteiger partial charge in [0.05, 0.1) is 11.8 Å². The minimum absolute atomic E-state index is 0.165. The van der Waals surface area contributed by atoms with Crippen LogP contribution in [-0.2, 0) is 9.16 Å². The van der Waals surface area contributed by atoms with Crippen molar-refractivity contribution in [2.75, 3.05) is 6.61 Å². The first-order valence-corrected chi connectivity index (χ1v) is 9.70. The van der Waals surface area contributed by atoms with Gasteiger partial charge in [-0.1, -0.05) is 39.0 Å². The monoisotopic (exact) mass is 292 g/mol. The van der Waals surface area contributed by atoms with Crippen molar-refractivity contribution in [2.45, 2.75) is 38.9 Å². The number of benzene rings is 1. The van der Waals surface area contributed by atoms with E-state index in [0.717, 1.165) is 0 Å². The highest BCUT2D eigenvalue weighted by Gasteiger charge is 2.37. The van der Waals surface area contributed by atoms with Crippen LogP contribution in [0.5, 0.6) is 0 Å². The number of ether oxygens (including phenoxy) is 1. The van der Waals surface area contributed by atoms with Gasteiger partial charge in [-0.2, -0.15) is 0 Å². The van der Waals surface area contributed by atoms with Crippen molar-refractivity contribution in [1.29, 1.82) is 0 Å². The maximum absolute atomic E-state index is 11.7. The van der Waals surface area contributed by atoms with Crippen molar-refractivity contribution in [3.05, 3.63) is 48.2 Å². The Morgan fingerprint density at radius 1 is 1.20 bits per heavy atom. The number of rotatable bonds is 5. The first-order chi connectivity index (χ1) is 9.24. The van der Waals surface area contributed by atoms with Gasteiger partial charge in [0, 0.05) is 0 Å². The zero-order valence-electron chi connectivity index (χ0n) is 13.0. The number of carbonyl (C=O) groups excluding carboxylic acids is 1. The van der Waals surface area contributed by atoms with E-state index in [2.05, 4.69) is 33.9 Å². The molecular weight excluding hydrogens is 268 g/mol. The lowest BCUT2D eigenvalue weighted by molar-refractivity contribution is 0.0548. The van der Waals surface area contributed by atoms with E-state index < -0.39 is 8.32 Å². The van der Waals surface area contributed by atoms with E-state index in [4.69, 9.17) is 9.16 Å². The first kappa shape index (κ1) is 16.5. The van der Waals surface area contributed by atoms with Gasteiger partial charge in [-0.15, -0.1) is 0 Å². The van der Waals surface area contributed by atoms with Gasteiger partial charge >= 0.3 is 5.97 Å². The molecule has 0 unspecified atom stereocenters. The molecule has 0 aliphatic rings. The predicted octanol–water partition coefficient (Wildman–Crippen LogP) is 4.38. The van der Waals surface area contributed by atoms with Crippen LogP contribution in [0.2, 0.25) is 18.1 Å². The molecule has 0 N–H and O–H groups in total. The number of hydrogen-bond donors (Lipinski definition) is 0. The van der Waals surface area contributed by atoms with Crippen LogP contribution in [0.25, 0.3) is 0 Å². The van der Waals surface area contributed by atoms with Crippen LogP contribution >= 0.6 is 0 Å². The Labute approximate surface area is 122 Å². The summed E-state index contributed by atoms with van der Waals surface area (Å²) >= 11 is 0. The Balaban J connectivity index is 2.38. The van der Waals surface area contributed by atoms with Gasteiger partial charge < -0.3 is 9.16 Å². The minimum atomic E-state index is -1.77. The fourth-order valence-electron chi connectivity index (χ4n) is 1.22. The van der Waals surface area contributed by atoms with E-state index in [1.54, 1.807) is 24.5 Å². The molecule has 4 heteroatoms. The Morgan fingerprint density at radius 3 is 2.35 bits per heavy atom. The Morgan fingerprint density at radius 2 is 1.80 bits per heavy atom. The fraction of sp³-hybridized carbons (Fsp3) is 0.438. The smallest absolute Gasteiger partial charge is 0.338 e. The van der Waals surface area contributed by atoms with Crippen molar-refractivity contribution in [2.24, 2.45) is 0 Å². The Hall–Kier alpha value is -1.55. The van der Waals surface area contributed by atoms with Gasteiger partial charge in [0.25, 0.3) is 0 Å². The van der Waals surface area contributed by atoms with Crippen molar-refractivity contribution in [3.63, 3.8) is 0 Å². The highest BCUT2D eigenvalue weighted by Crippen LogP contribution is 2.36. The molecule has 0 heterocycles. The molecule has 0 aliphatic heterocycles. The van der Waals surface area contributed by atoms with Gasteiger partial charge in [-0.05, 0) is 36.3 Å². The fourth-order valence-corrected chi connectivity index (χ4v) is 2.01. The second-order valence-corrected chi connectivity index (χ2v) is 11.0. The van der Waals surface area contributed by atoms with Crippen molar-refractivity contribution < 1.29 is 14.0 Å². The quantitative estimate of drug-likeness (QED) is 0.459. The lowest BCUT2D eigenvalue weighted by atomic mass is 10.2. The van der Waals surface area contributed by atoms with E-state index >= 15 is 0 Å². The summed E-state index contributed by atoms with van der Waals surface area (Å²) in [6.45, 7) is 11.1. The summed E-state index contributed by atoms with van der Waals surface area (Å²) < 4.78 is 11.0. The normalized spacial score (nSPS) is 12.4. The average Bonchev–Trinajstić information content (AvgIpc) is 2.37. The molecule has 0 spiro atoms. The first-order valence-electron chi connectivity index (χ1n) is 6.79.